The molecule has 0 radical (unpaired) electrons. The largest absolute Gasteiger partial charge is 1.00 e. The average Bonchev–Trinajstić information content (AvgIpc) is 1.65. The van der Waals surface area contributed by atoms with Crippen LogP contribution in [0.2, 0.25) is 0 Å². The minimum atomic E-state index is -1.75. The summed E-state index contributed by atoms with van der Waals surface area (Å²) in [4.78, 5) is 8.25. The molecule has 0 aromatic heterocycles. The molecule has 0 saturated heterocycles. The Morgan fingerprint density at radius 3 is 1.78 bits per heavy atom. The summed E-state index contributed by atoms with van der Waals surface area (Å²) >= 11 is 2.82. The molecule has 0 saturated carbocycles. The van der Waals surface area contributed by atoms with E-state index in [1.165, 1.54) is 0 Å². The zero-order valence-electron chi connectivity index (χ0n) is 4.33. The fourth-order valence-electron chi connectivity index (χ4n) is 0. The van der Waals surface area contributed by atoms with Gasteiger partial charge in [-0.2, -0.15) is 0 Å². The van der Waals surface area contributed by atoms with Crippen LogP contribution in [0.1, 0.15) is 0 Å². The topological polar surface area (TPSA) is 90.0 Å². The standard InChI is InChI=1S/CHNS.Ag.K.NO3/c2-1-3;;;2-1(3)4/h3H;;;/q;2*+1;-1/p-1. The second-order valence-electron chi connectivity index (χ2n) is 0.376. The molecule has 0 aromatic carbocycles. The van der Waals surface area contributed by atoms with Crippen LogP contribution in [0.15, 0.2) is 0 Å². The molecule has 9 heavy (non-hydrogen) atoms. The van der Waals surface area contributed by atoms with Crippen molar-refractivity contribution in [3.8, 4) is 5.40 Å². The second-order valence-corrected chi connectivity index (χ2v) is 1.59. The van der Waals surface area contributed by atoms with Crippen LogP contribution in [0.4, 0.5) is 0 Å². The minimum absolute atomic E-state index is 0. The van der Waals surface area contributed by atoms with Crippen molar-refractivity contribution in [3.05, 3.63) is 15.3 Å². The molecular formula is CAgKN2O3S. The Kier molecular flexibility index (Phi) is 30.2. The summed E-state index contributed by atoms with van der Waals surface area (Å²) < 4.78 is 0. The Labute approximate surface area is 109 Å². The van der Waals surface area contributed by atoms with Gasteiger partial charge in [-0.05, 0) is 0 Å². The molecule has 0 N–H and O–H groups in total. The number of nitrogens with zero attached hydrogens (tertiary/aromatic N) is 2. The number of rotatable bonds is 0. The summed E-state index contributed by atoms with van der Waals surface area (Å²) in [6.07, 6.45) is 0. The van der Waals surface area contributed by atoms with Gasteiger partial charge in [0.25, 0.3) is 0 Å². The van der Waals surface area contributed by atoms with E-state index in [9.17, 15) is 0 Å². The van der Waals surface area contributed by atoms with E-state index < -0.39 is 5.09 Å². The first-order chi connectivity index (χ1) is 3.65. The number of thiocyanates is 1. The first-order valence-electron chi connectivity index (χ1n) is 1.10. The summed E-state index contributed by atoms with van der Waals surface area (Å²) in [5.74, 6) is 0. The summed E-state index contributed by atoms with van der Waals surface area (Å²) in [6.45, 7) is 0. The van der Waals surface area contributed by atoms with E-state index in [1.807, 2.05) is 0 Å². The van der Waals surface area contributed by atoms with Crippen LogP contribution in [-0.4, -0.2) is 5.09 Å². The van der Waals surface area contributed by atoms with Gasteiger partial charge < -0.3 is 15.3 Å². The molecule has 0 aromatic rings. The van der Waals surface area contributed by atoms with Crippen LogP contribution >= 0.6 is 9.23 Å². The molecule has 0 bridgehead atoms. The molecule has 8 heteroatoms. The van der Waals surface area contributed by atoms with Crippen LogP contribution in [-0.2, 0) is 19.7 Å². The number of hydrogen-bond acceptors (Lipinski definition) is 5. The first kappa shape index (κ1) is 16.8. The molecule has 50 valence electrons. The van der Waals surface area contributed by atoms with E-state index in [-0.39, 0.29) is 51.4 Å². The molecule has 0 aliphatic carbocycles. The van der Waals surface area contributed by atoms with E-state index in [0.717, 1.165) is 9.23 Å². The molecule has 0 aliphatic rings. The molecular weight excluding hydrogens is 267 g/mol. The van der Waals surface area contributed by atoms with Crippen molar-refractivity contribution in [1.29, 1.82) is 5.26 Å². The second kappa shape index (κ2) is 16.2. The van der Waals surface area contributed by atoms with Crippen molar-refractivity contribution in [2.75, 3.05) is 0 Å². The average molecular weight is 267 g/mol. The fraction of sp³-hybridized carbons (Fsp3) is 0. The molecule has 0 aliphatic heterocycles. The quantitative estimate of drug-likeness (QED) is 0.208. The van der Waals surface area contributed by atoms with Crippen LogP contribution in [0.3, 0.4) is 0 Å². The molecule has 5 nitrogen and oxygen atoms in total. The zero-order valence-corrected chi connectivity index (χ0v) is 9.75. The smallest absolute Gasteiger partial charge is 0.356 e. The number of nitriles is 1. The third kappa shape index (κ3) is 88.7. The summed E-state index contributed by atoms with van der Waals surface area (Å²) in [5, 5.41) is 24.1. The molecule has 0 rings (SSSR count). The van der Waals surface area contributed by atoms with E-state index in [0.29, 0.717) is 0 Å². The molecule has 0 atom stereocenters. The van der Waals surface area contributed by atoms with E-state index >= 15 is 0 Å². The van der Waals surface area contributed by atoms with Crippen molar-refractivity contribution >= 4 is 9.23 Å². The van der Waals surface area contributed by atoms with E-state index in [4.69, 9.17) is 20.6 Å². The van der Waals surface area contributed by atoms with Gasteiger partial charge in [-0.3, -0.25) is 0 Å². The van der Waals surface area contributed by atoms with Gasteiger partial charge in [-0.25, -0.2) is 0 Å². The maximum Gasteiger partial charge on any atom is 1.00 e. The summed E-state index contributed by atoms with van der Waals surface area (Å²) in [7, 11) is 0.972. The Morgan fingerprint density at radius 1 is 1.67 bits per heavy atom. The van der Waals surface area contributed by atoms with Crippen molar-refractivity contribution in [1.82, 2.24) is 0 Å². The van der Waals surface area contributed by atoms with Crippen molar-refractivity contribution < 1.29 is 76.2 Å². The Morgan fingerprint density at radius 2 is 1.78 bits per heavy atom. The van der Waals surface area contributed by atoms with Crippen LogP contribution in [0.5, 0.6) is 0 Å². The predicted octanol–water partition coefficient (Wildman–Crippen LogP) is -2.57. The van der Waals surface area contributed by atoms with Gasteiger partial charge >= 0.3 is 91.0 Å². The van der Waals surface area contributed by atoms with E-state index in [1.54, 1.807) is 5.40 Å². The third-order valence-electron chi connectivity index (χ3n) is 0.0275. The van der Waals surface area contributed by atoms with E-state index in [2.05, 4.69) is 19.7 Å². The van der Waals surface area contributed by atoms with Gasteiger partial charge in [-0.1, -0.05) is 0 Å². The minimum Gasteiger partial charge on any atom is -0.356 e. The predicted molar refractivity (Wildman–Crippen MR) is 23.6 cm³/mol. The molecule has 0 amide bonds. The van der Waals surface area contributed by atoms with Crippen molar-refractivity contribution in [2.24, 2.45) is 0 Å². The Hall–Kier alpha value is 1.42. The van der Waals surface area contributed by atoms with Gasteiger partial charge in [0.2, 0.25) is 0 Å². The molecule has 0 heterocycles. The SMILES string of the molecule is N#C[S][Ag].O=[N+]([O-])[O-].[K+]. The Bertz CT molecular complexity index is 100. The molecule has 0 spiro atoms. The van der Waals surface area contributed by atoms with Gasteiger partial charge in [0.05, 0.1) is 5.09 Å². The maximum atomic E-state index is 8.25. The Balaban J connectivity index is -0.0000000720. The molecule has 0 fully saturated rings. The summed E-state index contributed by atoms with van der Waals surface area (Å²) in [5.41, 5.74) is 0. The number of hydrogen-bond donors (Lipinski definition) is 0. The van der Waals surface area contributed by atoms with Gasteiger partial charge in [0, 0.05) is 0 Å². The summed E-state index contributed by atoms with van der Waals surface area (Å²) in [6, 6.07) is 0. The van der Waals surface area contributed by atoms with Crippen molar-refractivity contribution in [2.45, 2.75) is 0 Å². The first-order valence-corrected chi connectivity index (χ1v) is 3.57. The normalized spacial score (nSPS) is 5.00. The van der Waals surface area contributed by atoms with Gasteiger partial charge in [-0.15, -0.1) is 0 Å². The molecule has 0 unspecified atom stereocenters. The monoisotopic (exact) mass is 266 g/mol. The van der Waals surface area contributed by atoms with Crippen LogP contribution < -0.4 is 51.4 Å². The van der Waals surface area contributed by atoms with Crippen LogP contribution in [0.25, 0.3) is 0 Å². The third-order valence-corrected chi connectivity index (χ3v) is 0.489. The van der Waals surface area contributed by atoms with Gasteiger partial charge in [0.15, 0.2) is 0 Å². The van der Waals surface area contributed by atoms with Crippen molar-refractivity contribution in [3.63, 3.8) is 0 Å². The van der Waals surface area contributed by atoms with Crippen LogP contribution in [0, 0.1) is 26.0 Å². The zero-order chi connectivity index (χ0) is 6.99. The fourth-order valence-corrected chi connectivity index (χ4v) is 0. The maximum absolute atomic E-state index is 8.25. The van der Waals surface area contributed by atoms with Gasteiger partial charge in [0.1, 0.15) is 0 Å².